The molecule has 0 aliphatic heterocycles. The second kappa shape index (κ2) is 11.9. The number of carbonyl (C=O) groups is 1. The van der Waals surface area contributed by atoms with Crippen molar-refractivity contribution in [3.05, 3.63) is 84.3 Å². The normalized spacial score (nSPS) is 10.9. The van der Waals surface area contributed by atoms with Crippen LogP contribution in [-0.4, -0.2) is 51.6 Å². The fourth-order valence-electron chi connectivity index (χ4n) is 4.16. The predicted molar refractivity (Wildman–Crippen MR) is 148 cm³/mol. The van der Waals surface area contributed by atoms with Gasteiger partial charge in [0.15, 0.2) is 22.9 Å². The first kappa shape index (κ1) is 27.3. The molecule has 0 saturated carbocycles. The summed E-state index contributed by atoms with van der Waals surface area (Å²) in [5.74, 6) is 0.423. The number of amides is 1. The van der Waals surface area contributed by atoms with Crippen LogP contribution in [0.1, 0.15) is 23.0 Å². The van der Waals surface area contributed by atoms with Crippen molar-refractivity contribution in [3.63, 3.8) is 0 Å². The van der Waals surface area contributed by atoms with Crippen molar-refractivity contribution < 1.29 is 33.2 Å². The van der Waals surface area contributed by atoms with Crippen molar-refractivity contribution in [3.8, 4) is 34.4 Å². The quantitative estimate of drug-likeness (QED) is 0.245. The summed E-state index contributed by atoms with van der Waals surface area (Å²) >= 11 is 0. The summed E-state index contributed by atoms with van der Waals surface area (Å²) in [5, 5.41) is 17.2. The second-order valence-electron chi connectivity index (χ2n) is 8.61. The fraction of sp³-hybridized carbons (Fsp3) is 0.172. The van der Waals surface area contributed by atoms with E-state index in [1.165, 1.54) is 49.6 Å². The van der Waals surface area contributed by atoms with Crippen LogP contribution in [0.15, 0.2) is 67.3 Å². The molecule has 12 heteroatoms. The molecule has 3 heterocycles. The number of ether oxygens (including phenoxy) is 4. The molecule has 0 atom stereocenters. The summed E-state index contributed by atoms with van der Waals surface area (Å²) in [6.45, 7) is 1.79. The van der Waals surface area contributed by atoms with E-state index in [0.717, 1.165) is 6.07 Å². The number of rotatable bonds is 10. The number of aromatic nitrogens is 4. The van der Waals surface area contributed by atoms with Gasteiger partial charge in [0.1, 0.15) is 17.3 Å². The summed E-state index contributed by atoms with van der Waals surface area (Å²) < 4.78 is 38.8. The number of hydrogen-bond acceptors (Lipinski definition) is 9. The van der Waals surface area contributed by atoms with Crippen molar-refractivity contribution in [2.45, 2.75) is 13.5 Å². The lowest BCUT2D eigenvalue weighted by Crippen LogP contribution is -2.15. The Balaban J connectivity index is 1.39. The van der Waals surface area contributed by atoms with Crippen molar-refractivity contribution in [2.75, 3.05) is 26.1 Å². The first-order chi connectivity index (χ1) is 19.9. The minimum Gasteiger partial charge on any atom is -0.493 e. The van der Waals surface area contributed by atoms with Crippen LogP contribution in [-0.2, 0) is 6.61 Å². The van der Waals surface area contributed by atoms with Crippen LogP contribution in [0.4, 0.5) is 10.1 Å². The first-order valence-corrected chi connectivity index (χ1v) is 12.5. The Labute approximate surface area is 234 Å². The molecule has 0 bridgehead atoms. The van der Waals surface area contributed by atoms with E-state index in [2.05, 4.69) is 20.4 Å². The molecule has 2 N–H and O–H groups in total. The average Bonchev–Trinajstić information content (AvgIpc) is 3.42. The molecule has 0 spiro atoms. The molecular formula is C29H26FN5O6. The predicted octanol–water partition coefficient (Wildman–Crippen LogP) is 4.91. The van der Waals surface area contributed by atoms with Gasteiger partial charge in [-0.1, -0.05) is 0 Å². The highest BCUT2D eigenvalue weighted by Gasteiger charge is 2.21. The van der Waals surface area contributed by atoms with Gasteiger partial charge in [0.25, 0.3) is 5.91 Å². The molecular weight excluding hydrogens is 533 g/mol. The molecule has 0 unspecified atom stereocenters. The van der Waals surface area contributed by atoms with Gasteiger partial charge in [0.05, 0.1) is 56.7 Å². The van der Waals surface area contributed by atoms with Crippen molar-refractivity contribution >= 4 is 22.5 Å². The van der Waals surface area contributed by atoms with E-state index < -0.39 is 11.7 Å². The number of halogens is 1. The van der Waals surface area contributed by atoms with E-state index in [9.17, 15) is 9.90 Å². The zero-order valence-electron chi connectivity index (χ0n) is 22.4. The SMILES string of the molecule is CCOc1cn(-c2cnccc2CO)nc1C(=O)Nc1ccc(Oc2ccnc3cc(OC)c(OC)cc23)cc1F. The largest absolute Gasteiger partial charge is 0.493 e. The summed E-state index contributed by atoms with van der Waals surface area (Å²) in [6.07, 6.45) is 6.12. The third-order valence-electron chi connectivity index (χ3n) is 6.12. The van der Waals surface area contributed by atoms with Crippen LogP contribution in [0.5, 0.6) is 28.7 Å². The lowest BCUT2D eigenvalue weighted by molar-refractivity contribution is 0.101. The van der Waals surface area contributed by atoms with Crippen LogP contribution in [0.3, 0.4) is 0 Å². The lowest BCUT2D eigenvalue weighted by Gasteiger charge is -2.13. The number of aliphatic hydroxyl groups is 1. The second-order valence-corrected chi connectivity index (χ2v) is 8.61. The van der Waals surface area contributed by atoms with Crippen molar-refractivity contribution in [1.29, 1.82) is 0 Å². The molecule has 1 amide bonds. The molecule has 210 valence electrons. The number of anilines is 1. The number of pyridine rings is 2. The van der Waals surface area contributed by atoms with Crippen LogP contribution < -0.4 is 24.3 Å². The summed E-state index contributed by atoms with van der Waals surface area (Å²) in [4.78, 5) is 21.5. The van der Waals surface area contributed by atoms with Gasteiger partial charge < -0.3 is 29.4 Å². The Morgan fingerprint density at radius 3 is 2.56 bits per heavy atom. The average molecular weight is 560 g/mol. The van der Waals surface area contributed by atoms with Gasteiger partial charge in [-0.05, 0) is 37.3 Å². The molecule has 5 aromatic rings. The molecule has 2 aromatic carbocycles. The lowest BCUT2D eigenvalue weighted by atomic mass is 10.2. The Morgan fingerprint density at radius 1 is 1.02 bits per heavy atom. The topological polar surface area (TPSA) is 130 Å². The van der Waals surface area contributed by atoms with E-state index in [1.54, 1.807) is 37.4 Å². The zero-order valence-corrected chi connectivity index (χ0v) is 22.4. The monoisotopic (exact) mass is 559 g/mol. The Morgan fingerprint density at radius 2 is 1.83 bits per heavy atom. The third kappa shape index (κ3) is 5.58. The molecule has 3 aromatic heterocycles. The number of aliphatic hydroxyl groups excluding tert-OH is 1. The smallest absolute Gasteiger partial charge is 0.280 e. The number of fused-ring (bicyclic) bond motifs is 1. The highest BCUT2D eigenvalue weighted by Crippen LogP contribution is 2.37. The molecule has 0 fully saturated rings. The highest BCUT2D eigenvalue weighted by atomic mass is 19.1. The number of methoxy groups -OCH3 is 2. The van der Waals surface area contributed by atoms with Crippen LogP contribution in [0.25, 0.3) is 16.6 Å². The molecule has 0 saturated heterocycles. The van der Waals surface area contributed by atoms with Crippen molar-refractivity contribution in [2.24, 2.45) is 0 Å². The molecule has 5 rings (SSSR count). The van der Waals surface area contributed by atoms with Gasteiger partial charge in [-0.3, -0.25) is 14.8 Å². The molecule has 11 nitrogen and oxygen atoms in total. The Kier molecular flexibility index (Phi) is 7.92. The molecule has 0 aliphatic rings. The van der Waals surface area contributed by atoms with Crippen LogP contribution in [0.2, 0.25) is 0 Å². The molecule has 0 aliphatic carbocycles. The Bertz CT molecular complexity index is 1720. The van der Waals surface area contributed by atoms with E-state index >= 15 is 4.39 Å². The number of nitrogens with one attached hydrogen (secondary N) is 1. The van der Waals surface area contributed by atoms with Gasteiger partial charge in [0.2, 0.25) is 0 Å². The maximum atomic E-state index is 15.1. The summed E-state index contributed by atoms with van der Waals surface area (Å²) in [5.41, 5.74) is 1.49. The van der Waals surface area contributed by atoms with Crippen LogP contribution >= 0.6 is 0 Å². The number of benzene rings is 2. The summed E-state index contributed by atoms with van der Waals surface area (Å²) in [6, 6.07) is 10.8. The Hall–Kier alpha value is -5.23. The van der Waals surface area contributed by atoms with E-state index in [4.69, 9.17) is 18.9 Å². The van der Waals surface area contributed by atoms with Gasteiger partial charge in [0, 0.05) is 35.5 Å². The zero-order chi connectivity index (χ0) is 28.9. The maximum absolute atomic E-state index is 15.1. The van der Waals surface area contributed by atoms with Gasteiger partial charge in [-0.2, -0.15) is 5.10 Å². The maximum Gasteiger partial charge on any atom is 0.280 e. The van der Waals surface area contributed by atoms with E-state index in [0.29, 0.717) is 39.4 Å². The molecule has 41 heavy (non-hydrogen) atoms. The van der Waals surface area contributed by atoms with Crippen LogP contribution in [0, 0.1) is 5.82 Å². The first-order valence-electron chi connectivity index (χ1n) is 12.5. The van der Waals surface area contributed by atoms with E-state index in [1.807, 2.05) is 0 Å². The molecule has 0 radical (unpaired) electrons. The summed E-state index contributed by atoms with van der Waals surface area (Å²) in [7, 11) is 3.06. The number of carbonyl (C=O) groups excluding carboxylic acids is 1. The van der Waals surface area contributed by atoms with Gasteiger partial charge in [-0.15, -0.1) is 0 Å². The minimum absolute atomic E-state index is 0.0630. The standard InChI is InChI=1S/C29H26FN5O6/c1-4-40-27-15-35(23-14-31-9-7-17(23)16-36)34-28(27)29(37)33-21-6-5-18(11-20(21)30)41-24-8-10-32-22-13-26(39-3)25(38-2)12-19(22)24/h5-15,36H,4,16H2,1-3H3,(H,33,37). The number of nitrogens with zero attached hydrogens (tertiary/aromatic N) is 4. The van der Waals surface area contributed by atoms with E-state index in [-0.39, 0.29) is 36.1 Å². The third-order valence-corrected chi connectivity index (χ3v) is 6.12. The highest BCUT2D eigenvalue weighted by molar-refractivity contribution is 6.04. The minimum atomic E-state index is -0.722. The van der Waals surface area contributed by atoms with Gasteiger partial charge in [-0.25, -0.2) is 9.07 Å². The van der Waals surface area contributed by atoms with Gasteiger partial charge >= 0.3 is 0 Å². The fourth-order valence-corrected chi connectivity index (χ4v) is 4.16. The number of hydrogen-bond donors (Lipinski definition) is 2. The van der Waals surface area contributed by atoms with Crippen molar-refractivity contribution in [1.82, 2.24) is 19.7 Å².